The van der Waals surface area contributed by atoms with Crippen LogP contribution in [0.3, 0.4) is 0 Å². The van der Waals surface area contributed by atoms with Crippen molar-refractivity contribution in [1.29, 1.82) is 0 Å². The maximum atomic E-state index is 10.6. The molecular formula is C11H20N2O2S. The Bertz CT molecular complexity index is 236. The molecule has 92 valence electrons. The summed E-state index contributed by atoms with van der Waals surface area (Å²) in [4.78, 5) is 15.2. The fraction of sp³-hybridized carbons (Fsp3) is 0.909. The lowest BCUT2D eigenvalue weighted by Gasteiger charge is -2.39. The van der Waals surface area contributed by atoms with Gasteiger partial charge < -0.3 is 5.11 Å². The molecule has 0 bridgehead atoms. The monoisotopic (exact) mass is 244 g/mol. The SMILES string of the molecule is O=C(O)CN1CCC(N2CCSCC2)CC1. The third-order valence-corrected chi connectivity index (χ3v) is 4.42. The lowest BCUT2D eigenvalue weighted by atomic mass is 10.0. The molecule has 2 saturated heterocycles. The van der Waals surface area contributed by atoms with Crippen molar-refractivity contribution in [2.75, 3.05) is 44.2 Å². The van der Waals surface area contributed by atoms with E-state index in [4.69, 9.17) is 5.11 Å². The summed E-state index contributed by atoms with van der Waals surface area (Å²) in [6.07, 6.45) is 2.27. The highest BCUT2D eigenvalue weighted by Crippen LogP contribution is 2.20. The maximum absolute atomic E-state index is 10.6. The smallest absolute Gasteiger partial charge is 0.317 e. The summed E-state index contributed by atoms with van der Waals surface area (Å²) in [6, 6.07) is 0.700. The summed E-state index contributed by atoms with van der Waals surface area (Å²) in [5.74, 6) is 1.82. The largest absolute Gasteiger partial charge is 0.480 e. The summed E-state index contributed by atoms with van der Waals surface area (Å²) in [5, 5.41) is 8.73. The van der Waals surface area contributed by atoms with Gasteiger partial charge in [-0.25, -0.2) is 0 Å². The molecule has 2 fully saturated rings. The average molecular weight is 244 g/mol. The van der Waals surface area contributed by atoms with Crippen LogP contribution in [-0.2, 0) is 4.79 Å². The molecule has 0 amide bonds. The van der Waals surface area contributed by atoms with Gasteiger partial charge in [0.05, 0.1) is 6.54 Å². The highest BCUT2D eigenvalue weighted by molar-refractivity contribution is 7.99. The van der Waals surface area contributed by atoms with Gasteiger partial charge in [-0.15, -0.1) is 0 Å². The van der Waals surface area contributed by atoms with Gasteiger partial charge in [0, 0.05) is 43.7 Å². The van der Waals surface area contributed by atoms with Crippen molar-refractivity contribution in [3.05, 3.63) is 0 Å². The molecule has 2 aliphatic rings. The number of likely N-dealkylation sites (tertiary alicyclic amines) is 1. The first-order valence-corrected chi connectivity index (χ1v) is 7.17. The van der Waals surface area contributed by atoms with Crippen molar-refractivity contribution < 1.29 is 9.90 Å². The third kappa shape index (κ3) is 3.37. The number of carboxylic acids is 1. The van der Waals surface area contributed by atoms with Crippen LogP contribution in [0.2, 0.25) is 0 Å². The minimum absolute atomic E-state index is 0.211. The predicted molar refractivity (Wildman–Crippen MR) is 66.0 cm³/mol. The van der Waals surface area contributed by atoms with Crippen LogP contribution in [0.25, 0.3) is 0 Å². The van der Waals surface area contributed by atoms with E-state index >= 15 is 0 Å². The van der Waals surface area contributed by atoms with Crippen LogP contribution in [0, 0.1) is 0 Å². The molecule has 0 aromatic heterocycles. The zero-order chi connectivity index (χ0) is 11.4. The number of hydrogen-bond donors (Lipinski definition) is 1. The number of aliphatic carboxylic acids is 1. The fourth-order valence-electron chi connectivity index (χ4n) is 2.58. The number of carboxylic acid groups (broad SMARTS) is 1. The molecule has 2 rings (SSSR count). The molecule has 0 aromatic rings. The first-order valence-electron chi connectivity index (χ1n) is 6.01. The van der Waals surface area contributed by atoms with Crippen molar-refractivity contribution in [2.24, 2.45) is 0 Å². The van der Waals surface area contributed by atoms with E-state index in [1.807, 2.05) is 11.8 Å². The second-order valence-corrected chi connectivity index (χ2v) is 5.77. The van der Waals surface area contributed by atoms with E-state index in [0.717, 1.165) is 25.9 Å². The first-order chi connectivity index (χ1) is 7.75. The Morgan fingerprint density at radius 1 is 1.19 bits per heavy atom. The zero-order valence-corrected chi connectivity index (χ0v) is 10.4. The Hall–Kier alpha value is -0.260. The van der Waals surface area contributed by atoms with Crippen LogP contribution in [0.5, 0.6) is 0 Å². The number of rotatable bonds is 3. The van der Waals surface area contributed by atoms with E-state index in [2.05, 4.69) is 9.80 Å². The van der Waals surface area contributed by atoms with E-state index < -0.39 is 5.97 Å². The zero-order valence-electron chi connectivity index (χ0n) is 9.60. The van der Waals surface area contributed by atoms with Gasteiger partial charge in [-0.05, 0) is 12.8 Å². The molecule has 0 atom stereocenters. The predicted octanol–water partition coefficient (Wildman–Crippen LogP) is 0.584. The third-order valence-electron chi connectivity index (χ3n) is 3.48. The fourth-order valence-corrected chi connectivity index (χ4v) is 3.51. The minimum atomic E-state index is -0.701. The Kier molecular flexibility index (Phi) is 4.49. The lowest BCUT2D eigenvalue weighted by Crippen LogP contribution is -2.48. The van der Waals surface area contributed by atoms with Crippen LogP contribution in [0.15, 0.2) is 0 Å². The molecule has 0 saturated carbocycles. The molecule has 1 N–H and O–H groups in total. The van der Waals surface area contributed by atoms with Crippen LogP contribution in [-0.4, -0.2) is 71.1 Å². The number of carbonyl (C=O) groups is 1. The second-order valence-electron chi connectivity index (χ2n) is 4.55. The maximum Gasteiger partial charge on any atom is 0.317 e. The van der Waals surface area contributed by atoms with Gasteiger partial charge in [-0.2, -0.15) is 11.8 Å². The Balaban J connectivity index is 1.73. The molecule has 2 heterocycles. The topological polar surface area (TPSA) is 43.8 Å². The van der Waals surface area contributed by atoms with E-state index in [0.29, 0.717) is 6.04 Å². The van der Waals surface area contributed by atoms with Gasteiger partial charge in [-0.1, -0.05) is 0 Å². The number of thioether (sulfide) groups is 1. The summed E-state index contributed by atoms with van der Waals surface area (Å²) in [5.41, 5.74) is 0. The van der Waals surface area contributed by atoms with Crippen molar-refractivity contribution in [2.45, 2.75) is 18.9 Å². The standard InChI is InChI=1S/C11H20N2O2S/c14-11(15)9-12-3-1-10(2-4-12)13-5-7-16-8-6-13/h10H,1-9H2,(H,14,15). The van der Waals surface area contributed by atoms with Crippen molar-refractivity contribution in [1.82, 2.24) is 9.80 Å². The van der Waals surface area contributed by atoms with Crippen molar-refractivity contribution in [3.63, 3.8) is 0 Å². The van der Waals surface area contributed by atoms with Gasteiger partial charge >= 0.3 is 5.97 Å². The summed E-state index contributed by atoms with van der Waals surface area (Å²) in [6.45, 7) is 4.53. The number of piperidine rings is 1. The number of hydrogen-bond acceptors (Lipinski definition) is 4. The van der Waals surface area contributed by atoms with E-state index in [1.54, 1.807) is 0 Å². The molecule has 5 heteroatoms. The Morgan fingerprint density at radius 2 is 1.81 bits per heavy atom. The summed E-state index contributed by atoms with van der Waals surface area (Å²) < 4.78 is 0. The average Bonchev–Trinajstić information content (AvgIpc) is 2.30. The van der Waals surface area contributed by atoms with Gasteiger partial charge in [0.1, 0.15) is 0 Å². The van der Waals surface area contributed by atoms with E-state index in [9.17, 15) is 4.79 Å². The Labute approximate surface area is 101 Å². The molecule has 16 heavy (non-hydrogen) atoms. The molecule has 4 nitrogen and oxygen atoms in total. The normalized spacial score (nSPS) is 25.8. The first kappa shape index (κ1) is 12.2. The van der Waals surface area contributed by atoms with Crippen LogP contribution >= 0.6 is 11.8 Å². The quantitative estimate of drug-likeness (QED) is 0.787. The summed E-state index contributed by atoms with van der Waals surface area (Å²) in [7, 11) is 0. The molecule has 0 unspecified atom stereocenters. The van der Waals surface area contributed by atoms with Gasteiger partial charge in [-0.3, -0.25) is 14.6 Å². The van der Waals surface area contributed by atoms with Crippen LogP contribution in [0.4, 0.5) is 0 Å². The Morgan fingerprint density at radius 3 is 2.38 bits per heavy atom. The molecular weight excluding hydrogens is 224 g/mol. The van der Waals surface area contributed by atoms with Gasteiger partial charge in [0.2, 0.25) is 0 Å². The molecule has 0 aliphatic carbocycles. The highest BCUT2D eigenvalue weighted by Gasteiger charge is 2.26. The molecule has 0 spiro atoms. The number of nitrogens with zero attached hydrogens (tertiary/aromatic N) is 2. The second kappa shape index (κ2) is 5.89. The van der Waals surface area contributed by atoms with Gasteiger partial charge in [0.25, 0.3) is 0 Å². The molecule has 2 aliphatic heterocycles. The molecule has 0 aromatic carbocycles. The van der Waals surface area contributed by atoms with E-state index in [-0.39, 0.29) is 6.54 Å². The summed E-state index contributed by atoms with van der Waals surface area (Å²) >= 11 is 2.04. The minimum Gasteiger partial charge on any atom is -0.480 e. The lowest BCUT2D eigenvalue weighted by molar-refractivity contribution is -0.138. The molecule has 0 radical (unpaired) electrons. The van der Waals surface area contributed by atoms with Crippen LogP contribution < -0.4 is 0 Å². The van der Waals surface area contributed by atoms with Crippen molar-refractivity contribution >= 4 is 17.7 Å². The highest BCUT2D eigenvalue weighted by atomic mass is 32.2. The van der Waals surface area contributed by atoms with Gasteiger partial charge in [0.15, 0.2) is 0 Å². The van der Waals surface area contributed by atoms with Crippen LogP contribution in [0.1, 0.15) is 12.8 Å². The van der Waals surface area contributed by atoms with Crippen molar-refractivity contribution in [3.8, 4) is 0 Å². The van der Waals surface area contributed by atoms with E-state index in [1.165, 1.54) is 24.6 Å².